The first-order chi connectivity index (χ1) is 11.6. The van der Waals surface area contributed by atoms with E-state index in [-0.39, 0.29) is 29.7 Å². The topological polar surface area (TPSA) is 76.7 Å². The van der Waals surface area contributed by atoms with Crippen molar-refractivity contribution in [3.05, 3.63) is 70.6 Å². The van der Waals surface area contributed by atoms with E-state index in [0.29, 0.717) is 10.9 Å². The zero-order chi connectivity index (χ0) is 16.9. The number of benzene rings is 2. The molecule has 6 heteroatoms. The second-order valence-electron chi connectivity index (χ2n) is 5.03. The molecule has 5 nitrogen and oxygen atoms in total. The van der Waals surface area contributed by atoms with Gasteiger partial charge in [-0.15, -0.1) is 11.8 Å². The van der Waals surface area contributed by atoms with E-state index in [2.05, 4.69) is 0 Å². The quantitative estimate of drug-likeness (QED) is 0.435. The first-order valence-corrected chi connectivity index (χ1v) is 8.19. The van der Waals surface area contributed by atoms with Gasteiger partial charge in [0.05, 0.1) is 5.75 Å². The number of carbonyl (C=O) groups excluding carboxylic acids is 1. The Morgan fingerprint density at radius 1 is 1.12 bits per heavy atom. The van der Waals surface area contributed by atoms with Crippen LogP contribution in [0.25, 0.3) is 11.0 Å². The smallest absolute Gasteiger partial charge is 0.336 e. The zero-order valence-electron chi connectivity index (χ0n) is 12.6. The van der Waals surface area contributed by atoms with Crippen molar-refractivity contribution >= 4 is 28.7 Å². The average molecular weight is 342 g/mol. The number of hydrogen-bond donors (Lipinski definition) is 1. The maximum absolute atomic E-state index is 11.9. The van der Waals surface area contributed by atoms with Crippen LogP contribution in [0.4, 0.5) is 0 Å². The van der Waals surface area contributed by atoms with Crippen LogP contribution in [0, 0.1) is 0 Å². The number of phenolic OH excluding ortho intramolecular Hbond substituents is 1. The molecule has 0 fully saturated rings. The highest BCUT2D eigenvalue weighted by atomic mass is 32.2. The van der Waals surface area contributed by atoms with Crippen LogP contribution < -0.4 is 5.63 Å². The lowest BCUT2D eigenvalue weighted by Gasteiger charge is -2.07. The molecule has 0 atom stereocenters. The Labute approximate surface area is 141 Å². The average Bonchev–Trinajstić information content (AvgIpc) is 2.58. The molecule has 3 aromatic rings. The van der Waals surface area contributed by atoms with Crippen LogP contribution in [-0.2, 0) is 16.1 Å². The summed E-state index contributed by atoms with van der Waals surface area (Å²) in [5, 5.41) is 10.1. The van der Waals surface area contributed by atoms with Gasteiger partial charge in [0, 0.05) is 28.0 Å². The first-order valence-electron chi connectivity index (χ1n) is 7.21. The molecule has 0 unspecified atom stereocenters. The maximum atomic E-state index is 11.9. The Kier molecular flexibility index (Phi) is 4.86. The van der Waals surface area contributed by atoms with Gasteiger partial charge in [-0.3, -0.25) is 4.79 Å². The predicted octanol–water partition coefficient (Wildman–Crippen LogP) is 3.33. The number of carbonyl (C=O) groups is 1. The van der Waals surface area contributed by atoms with E-state index in [1.54, 1.807) is 6.07 Å². The molecule has 0 spiro atoms. The molecule has 0 bridgehead atoms. The van der Waals surface area contributed by atoms with Crippen molar-refractivity contribution in [1.29, 1.82) is 0 Å². The number of hydrogen-bond acceptors (Lipinski definition) is 6. The van der Waals surface area contributed by atoms with Gasteiger partial charge >= 0.3 is 11.6 Å². The summed E-state index contributed by atoms with van der Waals surface area (Å²) >= 11 is 1.38. The summed E-state index contributed by atoms with van der Waals surface area (Å²) in [7, 11) is 0. The van der Waals surface area contributed by atoms with Crippen LogP contribution in [0.2, 0.25) is 0 Å². The van der Waals surface area contributed by atoms with Gasteiger partial charge in [0.25, 0.3) is 0 Å². The molecule has 0 aliphatic carbocycles. The van der Waals surface area contributed by atoms with Crippen LogP contribution in [0.15, 0.2) is 68.7 Å². The number of fused-ring (bicyclic) bond motifs is 1. The summed E-state index contributed by atoms with van der Waals surface area (Å²) in [5.41, 5.74) is 0.240. The highest BCUT2D eigenvalue weighted by molar-refractivity contribution is 8.00. The lowest BCUT2D eigenvalue weighted by atomic mass is 10.1. The van der Waals surface area contributed by atoms with Gasteiger partial charge in [-0.25, -0.2) is 4.79 Å². The highest BCUT2D eigenvalue weighted by Crippen LogP contribution is 2.22. The van der Waals surface area contributed by atoms with Crippen LogP contribution >= 0.6 is 11.8 Å². The Balaban J connectivity index is 1.67. The molecule has 2 aromatic carbocycles. The molecule has 0 aliphatic rings. The molecule has 0 radical (unpaired) electrons. The molecule has 0 saturated carbocycles. The Morgan fingerprint density at radius 2 is 1.92 bits per heavy atom. The molecular formula is C18H14O5S. The molecule has 1 heterocycles. The second-order valence-corrected chi connectivity index (χ2v) is 6.08. The highest BCUT2D eigenvalue weighted by Gasteiger charge is 2.10. The molecular weight excluding hydrogens is 328 g/mol. The van der Waals surface area contributed by atoms with E-state index in [4.69, 9.17) is 9.15 Å². The summed E-state index contributed by atoms with van der Waals surface area (Å²) < 4.78 is 10.3. The monoisotopic (exact) mass is 342 g/mol. The predicted molar refractivity (Wildman–Crippen MR) is 91.1 cm³/mol. The van der Waals surface area contributed by atoms with E-state index in [1.807, 2.05) is 30.3 Å². The zero-order valence-corrected chi connectivity index (χ0v) is 13.4. The van der Waals surface area contributed by atoms with Crippen LogP contribution in [0.1, 0.15) is 5.56 Å². The molecule has 1 N–H and O–H groups in total. The number of esters is 1. The lowest BCUT2D eigenvalue weighted by molar-refractivity contribution is -0.141. The Bertz CT molecular complexity index is 918. The van der Waals surface area contributed by atoms with Gasteiger partial charge in [-0.05, 0) is 24.3 Å². The van der Waals surface area contributed by atoms with Gasteiger partial charge in [-0.2, -0.15) is 0 Å². The largest absolute Gasteiger partial charge is 0.508 e. The van der Waals surface area contributed by atoms with E-state index in [9.17, 15) is 14.7 Å². The normalized spacial score (nSPS) is 10.7. The third-order valence-electron chi connectivity index (χ3n) is 3.30. The summed E-state index contributed by atoms with van der Waals surface area (Å²) in [6.45, 7) is -0.0267. The number of rotatable bonds is 5. The lowest BCUT2D eigenvalue weighted by Crippen LogP contribution is -2.09. The van der Waals surface area contributed by atoms with Crippen molar-refractivity contribution < 1.29 is 19.1 Å². The fourth-order valence-corrected chi connectivity index (χ4v) is 2.91. The van der Waals surface area contributed by atoms with Gasteiger partial charge in [0.15, 0.2) is 0 Å². The maximum Gasteiger partial charge on any atom is 0.336 e. The fraction of sp³-hybridized carbons (Fsp3) is 0.111. The minimum Gasteiger partial charge on any atom is -0.508 e. The molecule has 122 valence electrons. The van der Waals surface area contributed by atoms with Gasteiger partial charge in [-0.1, -0.05) is 18.2 Å². The molecule has 24 heavy (non-hydrogen) atoms. The molecule has 3 rings (SSSR count). The van der Waals surface area contributed by atoms with Crippen molar-refractivity contribution in [2.75, 3.05) is 5.75 Å². The molecule has 0 amide bonds. The van der Waals surface area contributed by atoms with Gasteiger partial charge < -0.3 is 14.3 Å². The number of aromatic hydroxyl groups is 1. The van der Waals surface area contributed by atoms with Crippen LogP contribution in [0.3, 0.4) is 0 Å². The molecule has 0 aliphatic heterocycles. The van der Waals surface area contributed by atoms with Crippen molar-refractivity contribution in [2.24, 2.45) is 0 Å². The minimum absolute atomic E-state index is 0.000874. The first kappa shape index (κ1) is 16.1. The van der Waals surface area contributed by atoms with Crippen molar-refractivity contribution in [3.8, 4) is 5.75 Å². The number of phenols is 1. The Morgan fingerprint density at radius 3 is 2.71 bits per heavy atom. The van der Waals surface area contributed by atoms with Crippen LogP contribution in [0.5, 0.6) is 5.75 Å². The van der Waals surface area contributed by atoms with Gasteiger partial charge in [0.2, 0.25) is 0 Å². The third-order valence-corrected chi connectivity index (χ3v) is 4.29. The van der Waals surface area contributed by atoms with Gasteiger partial charge in [0.1, 0.15) is 17.9 Å². The number of ether oxygens (including phenoxy) is 1. The summed E-state index contributed by atoms with van der Waals surface area (Å²) in [6.07, 6.45) is 0. The molecule has 1 aromatic heterocycles. The van der Waals surface area contributed by atoms with Crippen molar-refractivity contribution in [2.45, 2.75) is 11.5 Å². The summed E-state index contributed by atoms with van der Waals surface area (Å²) in [6, 6.07) is 15.3. The van der Waals surface area contributed by atoms with Crippen molar-refractivity contribution in [1.82, 2.24) is 0 Å². The summed E-state index contributed by atoms with van der Waals surface area (Å²) in [5.74, 6) is -0.187. The van der Waals surface area contributed by atoms with E-state index >= 15 is 0 Å². The number of thioether (sulfide) groups is 1. The molecule has 0 saturated heterocycles. The minimum atomic E-state index is -0.558. The SMILES string of the molecule is O=C(CSc1ccccc1)OCc1cc(=O)oc2cc(O)ccc12. The Hall–Kier alpha value is -2.73. The van der Waals surface area contributed by atoms with Crippen LogP contribution in [-0.4, -0.2) is 16.8 Å². The van der Waals surface area contributed by atoms with Crippen molar-refractivity contribution in [3.63, 3.8) is 0 Å². The standard InChI is InChI=1S/C18H14O5S/c19-13-6-7-15-12(8-17(20)23-16(15)9-13)10-22-18(21)11-24-14-4-2-1-3-5-14/h1-9,19H,10-11H2. The van der Waals surface area contributed by atoms with E-state index < -0.39 is 5.63 Å². The fourth-order valence-electron chi connectivity index (χ4n) is 2.20. The summed E-state index contributed by atoms with van der Waals surface area (Å²) in [4.78, 5) is 24.4. The van der Waals surface area contributed by atoms with E-state index in [0.717, 1.165) is 4.90 Å². The van der Waals surface area contributed by atoms with E-state index in [1.165, 1.54) is 30.0 Å². The second kappa shape index (κ2) is 7.23. The third kappa shape index (κ3) is 3.97.